The molecule has 0 N–H and O–H groups in total. The van der Waals surface area contributed by atoms with Crippen LogP contribution >= 0.6 is 7.60 Å². The molecule has 0 saturated carbocycles. The lowest BCUT2D eigenvalue weighted by Gasteiger charge is -2.45. The van der Waals surface area contributed by atoms with Crippen molar-refractivity contribution in [2.75, 3.05) is 26.0 Å². The van der Waals surface area contributed by atoms with Crippen molar-refractivity contribution < 1.29 is 32.6 Å². The van der Waals surface area contributed by atoms with Crippen molar-refractivity contribution >= 4 is 7.60 Å². The van der Waals surface area contributed by atoms with Gasteiger partial charge in [-0.3, -0.25) is 4.57 Å². The average Bonchev–Trinajstić information content (AvgIpc) is 3.02. The van der Waals surface area contributed by atoms with Gasteiger partial charge in [0.25, 0.3) is 0 Å². The van der Waals surface area contributed by atoms with Crippen LogP contribution in [0.2, 0.25) is 0 Å². The van der Waals surface area contributed by atoms with Gasteiger partial charge in [-0.05, 0) is 36.1 Å². The molecule has 0 bridgehead atoms. The van der Waals surface area contributed by atoms with Crippen molar-refractivity contribution in [2.24, 2.45) is 5.11 Å². The van der Waals surface area contributed by atoms with Crippen molar-refractivity contribution in [3.05, 3.63) is 118 Å². The summed E-state index contributed by atoms with van der Waals surface area (Å²) in [5, 5.41) is 4.11. The molecule has 4 rings (SSSR count). The Morgan fingerprint density at radius 1 is 0.744 bits per heavy atom. The van der Waals surface area contributed by atoms with E-state index < -0.39 is 38.1 Å². The van der Waals surface area contributed by atoms with Gasteiger partial charge in [-0.15, -0.1) is 0 Å². The minimum Gasteiger partial charge on any atom is -0.374 e. The summed E-state index contributed by atoms with van der Waals surface area (Å²) in [6.07, 6.45) is -3.03. The number of hydrogen-bond acceptors (Lipinski definition) is 8. The van der Waals surface area contributed by atoms with E-state index in [1.165, 1.54) is 0 Å². The molecule has 1 heterocycles. The Labute approximate surface area is 253 Å². The summed E-state index contributed by atoms with van der Waals surface area (Å²) in [5.74, 6) is 0. The third kappa shape index (κ3) is 10.00. The van der Waals surface area contributed by atoms with E-state index >= 15 is 0 Å². The van der Waals surface area contributed by atoms with Crippen molar-refractivity contribution in [2.45, 2.75) is 64.1 Å². The fraction of sp³-hybridized carbons (Fsp3) is 0.438. The number of ether oxygens (including phenoxy) is 4. The third-order valence-corrected chi connectivity index (χ3v) is 9.07. The molecule has 1 fully saturated rings. The molecule has 230 valence electrons. The zero-order valence-electron chi connectivity index (χ0n) is 24.6. The maximum absolute atomic E-state index is 13.7. The van der Waals surface area contributed by atoms with Crippen LogP contribution in [0, 0.1) is 0 Å². The Morgan fingerprint density at radius 3 is 1.72 bits per heavy atom. The molecule has 11 heteroatoms. The highest BCUT2D eigenvalue weighted by Crippen LogP contribution is 2.50. The smallest absolute Gasteiger partial charge is 0.333 e. The van der Waals surface area contributed by atoms with Gasteiger partial charge in [0.05, 0.1) is 64.1 Å². The second-order valence-corrected chi connectivity index (χ2v) is 12.2. The van der Waals surface area contributed by atoms with E-state index in [2.05, 4.69) is 10.0 Å². The molecule has 0 aliphatic carbocycles. The van der Waals surface area contributed by atoms with Crippen LogP contribution in [-0.4, -0.2) is 56.4 Å². The van der Waals surface area contributed by atoms with E-state index in [4.69, 9.17) is 28.0 Å². The van der Waals surface area contributed by atoms with Crippen LogP contribution in [0.15, 0.2) is 96.1 Å². The molecular formula is C32H40N3O7P. The van der Waals surface area contributed by atoms with Crippen molar-refractivity contribution in [1.29, 1.82) is 0 Å². The van der Waals surface area contributed by atoms with E-state index in [9.17, 15) is 10.1 Å². The van der Waals surface area contributed by atoms with Crippen LogP contribution in [-0.2, 0) is 52.4 Å². The summed E-state index contributed by atoms with van der Waals surface area (Å²) < 4.78 is 50.5. The van der Waals surface area contributed by atoms with Gasteiger partial charge in [-0.25, -0.2) is 0 Å². The van der Waals surface area contributed by atoms with Gasteiger partial charge in [0.1, 0.15) is 12.2 Å². The fourth-order valence-electron chi connectivity index (χ4n) is 5.04. The Balaban J connectivity index is 1.65. The molecule has 0 radical (unpaired) electrons. The van der Waals surface area contributed by atoms with Crippen LogP contribution in [0.1, 0.15) is 30.5 Å². The van der Waals surface area contributed by atoms with Gasteiger partial charge in [-0.2, -0.15) is 0 Å². The molecule has 1 aliphatic heterocycles. The summed E-state index contributed by atoms with van der Waals surface area (Å²) in [6.45, 7) is 4.92. The van der Waals surface area contributed by atoms with E-state index in [0.717, 1.165) is 16.7 Å². The molecule has 1 aliphatic rings. The van der Waals surface area contributed by atoms with Gasteiger partial charge in [-0.1, -0.05) is 96.1 Å². The van der Waals surface area contributed by atoms with Crippen LogP contribution in [0.5, 0.6) is 0 Å². The topological polar surface area (TPSA) is 121 Å². The van der Waals surface area contributed by atoms with Gasteiger partial charge in [0.15, 0.2) is 0 Å². The number of rotatable bonds is 17. The largest absolute Gasteiger partial charge is 0.374 e. The lowest BCUT2D eigenvalue weighted by atomic mass is 9.93. The first-order valence-electron chi connectivity index (χ1n) is 14.6. The predicted molar refractivity (Wildman–Crippen MR) is 163 cm³/mol. The fourth-order valence-corrected chi connectivity index (χ4v) is 6.85. The maximum Gasteiger partial charge on any atom is 0.333 e. The van der Waals surface area contributed by atoms with Gasteiger partial charge < -0.3 is 28.0 Å². The highest BCUT2D eigenvalue weighted by atomic mass is 31.2. The van der Waals surface area contributed by atoms with Gasteiger partial charge in [0.2, 0.25) is 0 Å². The molecule has 10 nitrogen and oxygen atoms in total. The maximum atomic E-state index is 13.7. The lowest BCUT2D eigenvalue weighted by molar-refractivity contribution is -0.224. The standard InChI is InChI=1S/C32H40N3O7P/c1-3-40-43(36,41-4-2)24-29-30(34-35-33)32(39-22-27-18-12-7-13-19-27)31(38-21-26-16-10-6-11-17-26)28(42-29)23-37-20-25-14-8-5-9-15-25/h5-19,28-32H,3-4,20-24H2,1-2H3/t28?,29-,30?,31-,32+/m0/s1. The number of hydrogen-bond donors (Lipinski definition) is 0. The molecule has 1 saturated heterocycles. The molecule has 3 aromatic carbocycles. The normalized spacial score (nSPS) is 22.1. The molecular weight excluding hydrogens is 569 g/mol. The van der Waals surface area contributed by atoms with E-state index in [1.807, 2.05) is 91.0 Å². The molecule has 2 unspecified atom stereocenters. The van der Waals surface area contributed by atoms with Gasteiger partial charge in [0, 0.05) is 4.91 Å². The van der Waals surface area contributed by atoms with Crippen LogP contribution < -0.4 is 0 Å². The van der Waals surface area contributed by atoms with Crippen molar-refractivity contribution in [1.82, 2.24) is 0 Å². The van der Waals surface area contributed by atoms with Crippen LogP contribution in [0.4, 0.5) is 0 Å². The first kappa shape index (κ1) is 32.9. The second-order valence-electron chi connectivity index (χ2n) is 10.1. The summed E-state index contributed by atoms with van der Waals surface area (Å²) in [7, 11) is -3.58. The Kier molecular flexibility index (Phi) is 13.2. The first-order valence-corrected chi connectivity index (χ1v) is 16.3. The molecule has 43 heavy (non-hydrogen) atoms. The van der Waals surface area contributed by atoms with E-state index in [-0.39, 0.29) is 39.2 Å². The van der Waals surface area contributed by atoms with Crippen molar-refractivity contribution in [3.8, 4) is 0 Å². The highest BCUT2D eigenvalue weighted by Gasteiger charge is 2.49. The molecule has 0 amide bonds. The third-order valence-electron chi connectivity index (χ3n) is 6.96. The van der Waals surface area contributed by atoms with E-state index in [1.54, 1.807) is 13.8 Å². The zero-order valence-corrected chi connectivity index (χ0v) is 25.5. The average molecular weight is 610 g/mol. The summed E-state index contributed by atoms with van der Waals surface area (Å²) >= 11 is 0. The quantitative estimate of drug-likeness (QED) is 0.0693. The Bertz CT molecular complexity index is 1300. The summed E-state index contributed by atoms with van der Waals surface area (Å²) in [4.78, 5) is 3.12. The van der Waals surface area contributed by atoms with Crippen molar-refractivity contribution in [3.63, 3.8) is 0 Å². The number of nitrogens with zero attached hydrogens (tertiary/aromatic N) is 3. The SMILES string of the molecule is CCOP(=O)(C[C@@H]1OC(COCc2ccccc2)[C@H](OCc2ccccc2)[C@H](OCc2ccccc2)C1N=[N+]=[N-])OCC. The van der Waals surface area contributed by atoms with Gasteiger partial charge >= 0.3 is 7.60 Å². The molecule has 0 aromatic heterocycles. The van der Waals surface area contributed by atoms with Crippen LogP contribution in [0.25, 0.3) is 10.4 Å². The first-order chi connectivity index (χ1) is 21.0. The summed E-state index contributed by atoms with van der Waals surface area (Å²) in [6, 6.07) is 28.4. The number of benzene rings is 3. The summed E-state index contributed by atoms with van der Waals surface area (Å²) in [5.41, 5.74) is 12.5. The Hall–Kier alpha value is -3.04. The molecule has 5 atom stereocenters. The van der Waals surface area contributed by atoms with E-state index in [0.29, 0.717) is 6.61 Å². The molecule has 3 aromatic rings. The predicted octanol–water partition coefficient (Wildman–Crippen LogP) is 7.09. The monoisotopic (exact) mass is 609 g/mol. The number of azide groups is 1. The minimum atomic E-state index is -3.58. The Morgan fingerprint density at radius 2 is 1.23 bits per heavy atom. The second kappa shape index (κ2) is 17.3. The molecule has 0 spiro atoms. The zero-order chi connectivity index (χ0) is 30.3. The minimum absolute atomic E-state index is 0.121. The van der Waals surface area contributed by atoms with Crippen LogP contribution in [0.3, 0.4) is 0 Å². The highest BCUT2D eigenvalue weighted by molar-refractivity contribution is 7.53. The lowest BCUT2D eigenvalue weighted by Crippen LogP contribution is -2.60.